The summed E-state index contributed by atoms with van der Waals surface area (Å²) in [4.78, 5) is 15.0. The maximum absolute atomic E-state index is 10.9. The topological polar surface area (TPSA) is 50.2 Å². The number of carbonyl (C=O) groups is 1. The molecule has 20 heavy (non-hydrogen) atoms. The van der Waals surface area contributed by atoms with Gasteiger partial charge < -0.3 is 5.11 Å². The molecule has 0 fully saturated rings. The van der Waals surface area contributed by atoms with Gasteiger partial charge in [0.2, 0.25) is 0 Å². The molecule has 1 N–H and O–H groups in total. The summed E-state index contributed by atoms with van der Waals surface area (Å²) in [5, 5.41) is 8.93. The summed E-state index contributed by atoms with van der Waals surface area (Å²) in [7, 11) is 0. The van der Waals surface area contributed by atoms with E-state index < -0.39 is 5.97 Å². The first-order valence-electron chi connectivity index (χ1n) is 6.79. The Kier molecular flexibility index (Phi) is 4.51. The highest BCUT2D eigenvalue weighted by Gasteiger charge is 2.12. The third-order valence-electron chi connectivity index (χ3n) is 3.63. The average molecular weight is 269 g/mol. The summed E-state index contributed by atoms with van der Waals surface area (Å²) in [6.45, 7) is 3.88. The molecule has 0 amide bonds. The minimum atomic E-state index is -0.752. The van der Waals surface area contributed by atoms with E-state index in [0.717, 1.165) is 5.56 Å². The van der Waals surface area contributed by atoms with Crippen LogP contribution in [0.5, 0.6) is 0 Å². The van der Waals surface area contributed by atoms with Crippen molar-refractivity contribution in [2.45, 2.75) is 26.2 Å². The minimum Gasteiger partial charge on any atom is -0.481 e. The van der Waals surface area contributed by atoms with Crippen LogP contribution >= 0.6 is 0 Å². The molecule has 3 heteroatoms. The SMILES string of the molecule is CC(Cc1ccc(C(C)c2cccnc2)cc1)C(=O)O. The third-order valence-corrected chi connectivity index (χ3v) is 3.63. The Morgan fingerprint density at radius 1 is 1.15 bits per heavy atom. The van der Waals surface area contributed by atoms with Crippen molar-refractivity contribution in [3.8, 4) is 0 Å². The summed E-state index contributed by atoms with van der Waals surface area (Å²) in [6, 6.07) is 12.2. The molecule has 1 heterocycles. The Labute approximate surface area is 119 Å². The first kappa shape index (κ1) is 14.3. The van der Waals surface area contributed by atoms with Crippen molar-refractivity contribution in [2.24, 2.45) is 5.92 Å². The van der Waals surface area contributed by atoms with E-state index in [4.69, 9.17) is 5.11 Å². The van der Waals surface area contributed by atoms with Gasteiger partial charge in [0.05, 0.1) is 5.92 Å². The van der Waals surface area contributed by atoms with Crippen LogP contribution in [0.15, 0.2) is 48.8 Å². The van der Waals surface area contributed by atoms with Gasteiger partial charge in [-0.1, -0.05) is 44.2 Å². The van der Waals surface area contributed by atoms with Crippen LogP contribution in [0.1, 0.15) is 36.5 Å². The predicted octanol–water partition coefficient (Wildman–Crippen LogP) is 3.50. The molecule has 1 aromatic heterocycles. The van der Waals surface area contributed by atoms with Gasteiger partial charge in [-0.3, -0.25) is 9.78 Å². The molecule has 2 aromatic rings. The number of carboxylic acid groups (broad SMARTS) is 1. The molecular formula is C17H19NO2. The normalized spacial score (nSPS) is 13.7. The van der Waals surface area contributed by atoms with Crippen LogP contribution in [0.4, 0.5) is 0 Å². The molecule has 0 radical (unpaired) electrons. The van der Waals surface area contributed by atoms with E-state index in [2.05, 4.69) is 30.1 Å². The van der Waals surface area contributed by atoms with E-state index in [-0.39, 0.29) is 11.8 Å². The smallest absolute Gasteiger partial charge is 0.306 e. The van der Waals surface area contributed by atoms with Gasteiger partial charge in [0.15, 0.2) is 0 Å². The van der Waals surface area contributed by atoms with E-state index in [1.54, 1.807) is 13.1 Å². The summed E-state index contributed by atoms with van der Waals surface area (Å²) >= 11 is 0. The highest BCUT2D eigenvalue weighted by atomic mass is 16.4. The second-order valence-electron chi connectivity index (χ2n) is 5.19. The van der Waals surface area contributed by atoms with Crippen LogP contribution in [0.3, 0.4) is 0 Å². The lowest BCUT2D eigenvalue weighted by atomic mass is 9.92. The summed E-state index contributed by atoms with van der Waals surface area (Å²) < 4.78 is 0. The van der Waals surface area contributed by atoms with Crippen LogP contribution in [-0.4, -0.2) is 16.1 Å². The fourth-order valence-electron chi connectivity index (χ4n) is 2.21. The number of carboxylic acids is 1. The van der Waals surface area contributed by atoms with Gasteiger partial charge in [-0.25, -0.2) is 0 Å². The number of benzene rings is 1. The molecule has 0 aliphatic rings. The molecule has 0 spiro atoms. The van der Waals surface area contributed by atoms with Crippen LogP contribution < -0.4 is 0 Å². The molecule has 2 unspecified atom stereocenters. The van der Waals surface area contributed by atoms with Crippen LogP contribution in [0, 0.1) is 5.92 Å². The number of hydrogen-bond donors (Lipinski definition) is 1. The monoisotopic (exact) mass is 269 g/mol. The Balaban J connectivity index is 2.10. The van der Waals surface area contributed by atoms with Gasteiger partial charge in [-0.2, -0.15) is 0 Å². The Bertz CT molecular complexity index is 563. The number of hydrogen-bond acceptors (Lipinski definition) is 2. The molecule has 0 bridgehead atoms. The molecule has 1 aromatic carbocycles. The van der Waals surface area contributed by atoms with E-state index >= 15 is 0 Å². The van der Waals surface area contributed by atoms with Gasteiger partial charge in [0.1, 0.15) is 0 Å². The van der Waals surface area contributed by atoms with Crippen molar-refractivity contribution >= 4 is 5.97 Å². The van der Waals surface area contributed by atoms with Crippen LogP contribution in [0.25, 0.3) is 0 Å². The predicted molar refractivity (Wildman–Crippen MR) is 78.7 cm³/mol. The van der Waals surface area contributed by atoms with Crippen LogP contribution in [0.2, 0.25) is 0 Å². The lowest BCUT2D eigenvalue weighted by Crippen LogP contribution is -2.12. The Morgan fingerprint density at radius 2 is 1.85 bits per heavy atom. The molecule has 104 valence electrons. The standard InChI is InChI=1S/C17H19NO2/c1-12(17(19)20)10-14-5-7-15(8-6-14)13(2)16-4-3-9-18-11-16/h3-9,11-13H,10H2,1-2H3,(H,19,20). The minimum absolute atomic E-state index is 0.287. The first-order valence-corrected chi connectivity index (χ1v) is 6.79. The van der Waals surface area contributed by atoms with Gasteiger partial charge in [0, 0.05) is 18.3 Å². The second kappa shape index (κ2) is 6.33. The average Bonchev–Trinajstić information content (AvgIpc) is 2.48. The van der Waals surface area contributed by atoms with Crippen molar-refractivity contribution in [1.82, 2.24) is 4.98 Å². The molecule has 0 saturated carbocycles. The maximum Gasteiger partial charge on any atom is 0.306 e. The van der Waals surface area contributed by atoms with E-state index in [1.807, 2.05) is 24.4 Å². The lowest BCUT2D eigenvalue weighted by molar-refractivity contribution is -0.141. The van der Waals surface area contributed by atoms with Crippen molar-refractivity contribution < 1.29 is 9.90 Å². The summed E-state index contributed by atoms with van der Waals surface area (Å²) in [6.07, 6.45) is 4.22. The van der Waals surface area contributed by atoms with Crippen molar-refractivity contribution in [3.63, 3.8) is 0 Å². The van der Waals surface area contributed by atoms with Gasteiger partial charge >= 0.3 is 5.97 Å². The zero-order chi connectivity index (χ0) is 14.5. The van der Waals surface area contributed by atoms with E-state index in [0.29, 0.717) is 6.42 Å². The lowest BCUT2D eigenvalue weighted by Gasteiger charge is -2.13. The highest BCUT2D eigenvalue weighted by molar-refractivity contribution is 5.69. The number of rotatable bonds is 5. The summed E-state index contributed by atoms with van der Waals surface area (Å²) in [5.74, 6) is -0.816. The molecule has 0 aliphatic heterocycles. The number of aliphatic carboxylic acids is 1. The maximum atomic E-state index is 10.9. The summed E-state index contributed by atoms with van der Waals surface area (Å²) in [5.41, 5.74) is 3.45. The molecular weight excluding hydrogens is 250 g/mol. The van der Waals surface area contributed by atoms with Crippen molar-refractivity contribution in [1.29, 1.82) is 0 Å². The third kappa shape index (κ3) is 3.44. The van der Waals surface area contributed by atoms with E-state index in [9.17, 15) is 4.79 Å². The second-order valence-corrected chi connectivity index (χ2v) is 5.19. The fraction of sp³-hybridized carbons (Fsp3) is 0.294. The molecule has 2 atom stereocenters. The van der Waals surface area contributed by atoms with Crippen molar-refractivity contribution in [2.75, 3.05) is 0 Å². The van der Waals surface area contributed by atoms with E-state index in [1.165, 1.54) is 11.1 Å². The zero-order valence-electron chi connectivity index (χ0n) is 11.8. The largest absolute Gasteiger partial charge is 0.481 e. The number of pyridine rings is 1. The molecule has 0 aliphatic carbocycles. The highest BCUT2D eigenvalue weighted by Crippen LogP contribution is 2.24. The molecule has 3 nitrogen and oxygen atoms in total. The van der Waals surface area contributed by atoms with Gasteiger partial charge in [-0.05, 0) is 29.2 Å². The number of nitrogens with zero attached hydrogens (tertiary/aromatic N) is 1. The van der Waals surface area contributed by atoms with Crippen LogP contribution in [-0.2, 0) is 11.2 Å². The van der Waals surface area contributed by atoms with Crippen molar-refractivity contribution in [3.05, 3.63) is 65.5 Å². The Hall–Kier alpha value is -2.16. The zero-order valence-corrected chi connectivity index (χ0v) is 11.8. The fourth-order valence-corrected chi connectivity index (χ4v) is 2.21. The van der Waals surface area contributed by atoms with Gasteiger partial charge in [-0.15, -0.1) is 0 Å². The Morgan fingerprint density at radius 3 is 2.40 bits per heavy atom. The van der Waals surface area contributed by atoms with Gasteiger partial charge in [0.25, 0.3) is 0 Å². The first-order chi connectivity index (χ1) is 9.58. The molecule has 2 rings (SSSR count). The quantitative estimate of drug-likeness (QED) is 0.903. The number of aromatic nitrogens is 1. The molecule has 0 saturated heterocycles.